The number of aromatic nitrogens is 2. The predicted molar refractivity (Wildman–Crippen MR) is 144 cm³/mol. The topological polar surface area (TPSA) is 92.0 Å². The molecule has 0 aliphatic rings. The molecule has 0 saturated heterocycles. The minimum absolute atomic E-state index is 0.0224. The zero-order chi connectivity index (χ0) is 25.2. The van der Waals surface area contributed by atoms with Crippen LogP contribution < -0.4 is 15.9 Å². The molecule has 0 atom stereocenters. The number of pyridine rings is 2. The van der Waals surface area contributed by atoms with Gasteiger partial charge in [0.1, 0.15) is 5.75 Å². The first-order chi connectivity index (χ1) is 17.4. The molecule has 6 nitrogen and oxygen atoms in total. The Bertz CT molecular complexity index is 1770. The third-order valence-corrected chi connectivity index (χ3v) is 6.09. The Morgan fingerprint density at radius 2 is 1.69 bits per heavy atom. The van der Waals surface area contributed by atoms with Crippen LogP contribution in [0, 0.1) is 0 Å². The van der Waals surface area contributed by atoms with Gasteiger partial charge in [0.05, 0.1) is 17.7 Å². The number of benzene rings is 3. The first-order valence-corrected chi connectivity index (χ1v) is 11.8. The second-order valence-corrected chi connectivity index (χ2v) is 8.63. The fourth-order valence-corrected chi connectivity index (χ4v) is 4.40. The summed E-state index contributed by atoms with van der Waals surface area (Å²) in [6.07, 6.45) is 2.67. The van der Waals surface area contributed by atoms with Crippen LogP contribution in [0.2, 0.25) is 5.02 Å². The third kappa shape index (κ3) is 4.46. The average molecular weight is 497 g/mol. The van der Waals surface area contributed by atoms with Gasteiger partial charge in [-0.2, -0.15) is 0 Å². The van der Waals surface area contributed by atoms with Crippen molar-refractivity contribution in [2.24, 2.45) is 0 Å². The number of rotatable bonds is 6. The third-order valence-electron chi connectivity index (χ3n) is 5.86. The van der Waals surface area contributed by atoms with Gasteiger partial charge in [-0.1, -0.05) is 41.9 Å². The molecule has 0 unspecified atom stereocenters. The molecule has 0 amide bonds. The van der Waals surface area contributed by atoms with Crippen LogP contribution in [-0.2, 0) is 0 Å². The molecule has 2 aromatic heterocycles. The number of halogens is 1. The van der Waals surface area contributed by atoms with Crippen molar-refractivity contribution >= 4 is 45.3 Å². The van der Waals surface area contributed by atoms with Crippen LogP contribution in [0.15, 0.2) is 88.5 Å². The van der Waals surface area contributed by atoms with E-state index in [1.165, 1.54) is 12.2 Å². The van der Waals surface area contributed by atoms with E-state index in [0.29, 0.717) is 50.5 Å². The van der Waals surface area contributed by atoms with E-state index in [1.54, 1.807) is 30.3 Å². The molecule has 2 heterocycles. The average Bonchev–Trinajstić information content (AvgIpc) is 2.87. The minimum atomic E-state index is -0.525. The van der Waals surface area contributed by atoms with Gasteiger partial charge in [0.25, 0.3) is 11.1 Å². The highest BCUT2D eigenvalue weighted by atomic mass is 35.5. The number of ketones is 1. The molecule has 0 aliphatic carbocycles. The number of allylic oxidation sites excluding steroid dienone is 1. The summed E-state index contributed by atoms with van der Waals surface area (Å²) in [5, 5.41) is 1.92. The van der Waals surface area contributed by atoms with Gasteiger partial charge in [-0.3, -0.25) is 14.4 Å². The molecule has 36 heavy (non-hydrogen) atoms. The van der Waals surface area contributed by atoms with Gasteiger partial charge < -0.3 is 14.7 Å². The Kier molecular flexibility index (Phi) is 6.27. The van der Waals surface area contributed by atoms with E-state index in [0.717, 1.165) is 5.39 Å². The van der Waals surface area contributed by atoms with Crippen LogP contribution in [0.1, 0.15) is 22.8 Å². The number of carbonyl (C=O) groups excluding carboxylic acids is 1. The van der Waals surface area contributed by atoms with E-state index in [9.17, 15) is 14.4 Å². The fourth-order valence-electron chi connectivity index (χ4n) is 4.23. The van der Waals surface area contributed by atoms with Gasteiger partial charge in [-0.15, -0.1) is 0 Å². The zero-order valence-electron chi connectivity index (χ0n) is 19.3. The van der Waals surface area contributed by atoms with E-state index in [4.69, 9.17) is 16.3 Å². The number of ether oxygens (including phenoxy) is 1. The fraction of sp³-hybridized carbons (Fsp3) is 0.0690. The normalized spacial score (nSPS) is 11.4. The van der Waals surface area contributed by atoms with E-state index in [1.807, 2.05) is 49.4 Å². The molecule has 178 valence electrons. The van der Waals surface area contributed by atoms with Crippen molar-refractivity contribution in [2.45, 2.75) is 6.92 Å². The van der Waals surface area contributed by atoms with E-state index in [-0.39, 0.29) is 11.1 Å². The Morgan fingerprint density at radius 3 is 2.47 bits per heavy atom. The van der Waals surface area contributed by atoms with Crippen LogP contribution in [0.5, 0.6) is 5.75 Å². The second kappa shape index (κ2) is 9.68. The maximum absolute atomic E-state index is 13.4. The van der Waals surface area contributed by atoms with E-state index >= 15 is 0 Å². The molecule has 5 rings (SSSR count). The maximum atomic E-state index is 13.4. The van der Waals surface area contributed by atoms with Gasteiger partial charge in [0.2, 0.25) is 0 Å². The van der Waals surface area contributed by atoms with Gasteiger partial charge in [0.15, 0.2) is 5.78 Å². The van der Waals surface area contributed by atoms with Crippen LogP contribution in [-0.4, -0.2) is 22.4 Å². The minimum Gasteiger partial charge on any atom is -0.494 e. The smallest absolute Gasteiger partial charge is 0.260 e. The van der Waals surface area contributed by atoms with Gasteiger partial charge in [0, 0.05) is 33.1 Å². The molecule has 5 aromatic rings. The summed E-state index contributed by atoms with van der Waals surface area (Å²) in [6.45, 7) is 2.40. The standard InChI is InChI=1S/C29H21ClN2O4/c1-2-36-21-11-8-18-14-19(28(34)32-24(18)16-21)9-13-25(33)27-26(17-6-4-3-5-7-17)22-15-20(30)10-12-23(22)31-29(27)35/h3-16H,2H2,1H3,(H,31,35)(H,32,34)/b13-9+. The number of nitrogens with one attached hydrogen (secondary N) is 2. The second-order valence-electron chi connectivity index (χ2n) is 8.19. The van der Waals surface area contributed by atoms with Crippen molar-refractivity contribution in [3.8, 4) is 16.9 Å². The lowest BCUT2D eigenvalue weighted by atomic mass is 9.94. The van der Waals surface area contributed by atoms with Gasteiger partial charge >= 0.3 is 0 Å². The summed E-state index contributed by atoms with van der Waals surface area (Å²) in [5.41, 5.74) is 1.79. The Labute approximate surface area is 210 Å². The number of hydrogen-bond donors (Lipinski definition) is 2. The van der Waals surface area contributed by atoms with Crippen molar-refractivity contribution in [1.82, 2.24) is 9.97 Å². The first-order valence-electron chi connectivity index (χ1n) is 11.4. The number of carbonyl (C=O) groups is 1. The lowest BCUT2D eigenvalue weighted by molar-refractivity contribution is 0.104. The van der Waals surface area contributed by atoms with Crippen molar-refractivity contribution in [3.05, 3.63) is 116 Å². The number of aromatic amines is 2. The highest BCUT2D eigenvalue weighted by Gasteiger charge is 2.19. The number of H-pyrrole nitrogens is 2. The Hall–Kier alpha value is -4.42. The molecule has 0 spiro atoms. The zero-order valence-corrected chi connectivity index (χ0v) is 20.1. The van der Waals surface area contributed by atoms with E-state index in [2.05, 4.69) is 9.97 Å². The summed E-state index contributed by atoms with van der Waals surface area (Å²) in [7, 11) is 0. The first kappa shape index (κ1) is 23.3. The number of hydrogen-bond acceptors (Lipinski definition) is 4. The van der Waals surface area contributed by atoms with Crippen LogP contribution in [0.3, 0.4) is 0 Å². The van der Waals surface area contributed by atoms with Crippen molar-refractivity contribution in [2.75, 3.05) is 6.61 Å². The van der Waals surface area contributed by atoms with E-state index < -0.39 is 11.3 Å². The molecule has 0 bridgehead atoms. The summed E-state index contributed by atoms with van der Waals surface area (Å²) < 4.78 is 5.49. The van der Waals surface area contributed by atoms with Crippen molar-refractivity contribution in [3.63, 3.8) is 0 Å². The Morgan fingerprint density at radius 1 is 0.917 bits per heavy atom. The van der Waals surface area contributed by atoms with Gasteiger partial charge in [-0.05, 0) is 66.4 Å². The summed E-state index contributed by atoms with van der Waals surface area (Å²) >= 11 is 6.25. The summed E-state index contributed by atoms with van der Waals surface area (Å²) in [4.78, 5) is 44.7. The highest BCUT2D eigenvalue weighted by molar-refractivity contribution is 6.31. The summed E-state index contributed by atoms with van der Waals surface area (Å²) in [6, 6.07) is 21.4. The quantitative estimate of drug-likeness (QED) is 0.223. The largest absolute Gasteiger partial charge is 0.494 e. The monoisotopic (exact) mass is 496 g/mol. The molecular formula is C29H21ClN2O4. The molecule has 0 aliphatic heterocycles. The molecule has 2 N–H and O–H groups in total. The lowest BCUT2D eigenvalue weighted by Crippen LogP contribution is -2.19. The molecular weight excluding hydrogens is 476 g/mol. The SMILES string of the molecule is CCOc1ccc2cc(/C=C/C(=O)c3c(-c4ccccc4)c4cc(Cl)ccc4[nH]c3=O)c(=O)[nH]c2c1. The van der Waals surface area contributed by atoms with Crippen molar-refractivity contribution in [1.29, 1.82) is 0 Å². The summed E-state index contributed by atoms with van der Waals surface area (Å²) in [5.74, 6) is 0.131. The molecule has 0 radical (unpaired) electrons. The van der Waals surface area contributed by atoms with Crippen molar-refractivity contribution < 1.29 is 9.53 Å². The maximum Gasteiger partial charge on any atom is 0.260 e. The van der Waals surface area contributed by atoms with Crippen LogP contribution in [0.25, 0.3) is 39.0 Å². The predicted octanol–water partition coefficient (Wildman–Crippen LogP) is 5.98. The van der Waals surface area contributed by atoms with Crippen LogP contribution in [0.4, 0.5) is 0 Å². The van der Waals surface area contributed by atoms with Crippen LogP contribution >= 0.6 is 11.6 Å². The van der Waals surface area contributed by atoms with Gasteiger partial charge in [-0.25, -0.2) is 0 Å². The molecule has 7 heteroatoms. The highest BCUT2D eigenvalue weighted by Crippen LogP contribution is 2.31. The molecule has 0 saturated carbocycles. The molecule has 3 aromatic carbocycles. The molecule has 0 fully saturated rings. The Balaban J connectivity index is 1.61. The number of fused-ring (bicyclic) bond motifs is 2. The lowest BCUT2D eigenvalue weighted by Gasteiger charge is -2.11.